The van der Waals surface area contributed by atoms with Gasteiger partial charge in [-0.15, -0.1) is 11.6 Å². The van der Waals surface area contributed by atoms with Crippen LogP contribution in [-0.4, -0.2) is 17.3 Å². The molecule has 1 aliphatic carbocycles. The molecule has 0 radical (unpaired) electrons. The minimum absolute atomic E-state index is 0.250. The number of amides is 1. The summed E-state index contributed by atoms with van der Waals surface area (Å²) in [6.07, 6.45) is 2.88. The molecule has 1 fully saturated rings. The van der Waals surface area contributed by atoms with Crippen LogP contribution in [0.25, 0.3) is 0 Å². The van der Waals surface area contributed by atoms with Gasteiger partial charge in [0.25, 0.3) is 5.91 Å². The number of rotatable bonds is 3. The maximum atomic E-state index is 12.9. The van der Waals surface area contributed by atoms with Crippen LogP contribution in [0.4, 0.5) is 4.39 Å². The number of nitrogens with one attached hydrogen (secondary N) is 1. The molecule has 1 aliphatic rings. The van der Waals surface area contributed by atoms with Crippen molar-refractivity contribution in [3.8, 4) is 0 Å². The number of hydrogen-bond acceptors (Lipinski definition) is 1. The summed E-state index contributed by atoms with van der Waals surface area (Å²) in [6, 6.07) is 5.67. The highest BCUT2D eigenvalue weighted by molar-refractivity contribution is 6.19. The molecule has 86 valence electrons. The number of alkyl halides is 1. The van der Waals surface area contributed by atoms with Gasteiger partial charge in [-0.2, -0.15) is 0 Å². The average Bonchev–Trinajstić information content (AvgIpc) is 2.23. The van der Waals surface area contributed by atoms with Crippen LogP contribution in [0.3, 0.4) is 0 Å². The second kappa shape index (κ2) is 4.42. The topological polar surface area (TPSA) is 29.1 Å². The first-order valence-corrected chi connectivity index (χ1v) is 5.83. The molecule has 1 aromatic carbocycles. The Morgan fingerprint density at radius 2 is 2.25 bits per heavy atom. The molecule has 1 amide bonds. The van der Waals surface area contributed by atoms with Crippen molar-refractivity contribution in [2.75, 3.05) is 5.88 Å². The standard InChI is InChI=1S/C12H13ClFNO/c13-8-12(5-2-6-12)15-11(16)9-3-1-4-10(14)7-9/h1,3-4,7H,2,5-6,8H2,(H,15,16). The molecular weight excluding hydrogens is 229 g/mol. The lowest BCUT2D eigenvalue weighted by atomic mass is 9.78. The van der Waals surface area contributed by atoms with Gasteiger partial charge >= 0.3 is 0 Å². The SMILES string of the molecule is O=C(NC1(CCl)CCC1)c1cccc(F)c1. The number of halogens is 2. The van der Waals surface area contributed by atoms with Crippen LogP contribution < -0.4 is 5.32 Å². The van der Waals surface area contributed by atoms with E-state index in [4.69, 9.17) is 11.6 Å². The molecule has 2 nitrogen and oxygen atoms in total. The summed E-state index contributed by atoms with van der Waals surface area (Å²) >= 11 is 5.83. The monoisotopic (exact) mass is 241 g/mol. The molecule has 0 atom stereocenters. The molecule has 0 saturated heterocycles. The molecule has 1 N–H and O–H groups in total. The number of hydrogen-bond donors (Lipinski definition) is 1. The average molecular weight is 242 g/mol. The smallest absolute Gasteiger partial charge is 0.251 e. The van der Waals surface area contributed by atoms with Crippen molar-refractivity contribution in [1.29, 1.82) is 0 Å². The Morgan fingerprint density at radius 1 is 1.50 bits per heavy atom. The molecule has 0 aromatic heterocycles. The Kier molecular flexibility index (Phi) is 3.15. The van der Waals surface area contributed by atoms with Gasteiger partial charge < -0.3 is 5.32 Å². The normalized spacial score (nSPS) is 17.6. The molecule has 4 heteroatoms. The Balaban J connectivity index is 2.08. The first kappa shape index (κ1) is 11.4. The highest BCUT2D eigenvalue weighted by Crippen LogP contribution is 2.33. The zero-order chi connectivity index (χ0) is 11.6. The van der Waals surface area contributed by atoms with E-state index in [1.165, 1.54) is 18.2 Å². The Hall–Kier alpha value is -1.09. The summed E-state index contributed by atoms with van der Waals surface area (Å²) in [7, 11) is 0. The van der Waals surface area contributed by atoms with E-state index >= 15 is 0 Å². The van der Waals surface area contributed by atoms with E-state index < -0.39 is 5.82 Å². The van der Waals surface area contributed by atoms with Crippen LogP contribution in [0.15, 0.2) is 24.3 Å². The Morgan fingerprint density at radius 3 is 2.75 bits per heavy atom. The maximum absolute atomic E-state index is 12.9. The minimum Gasteiger partial charge on any atom is -0.345 e. The lowest BCUT2D eigenvalue weighted by Crippen LogP contribution is -2.55. The predicted octanol–water partition coefficient (Wildman–Crippen LogP) is 2.72. The third-order valence-electron chi connectivity index (χ3n) is 3.03. The Labute approximate surface area is 98.8 Å². The second-order valence-electron chi connectivity index (χ2n) is 4.23. The summed E-state index contributed by atoms with van der Waals surface area (Å²) in [5, 5.41) is 2.89. The van der Waals surface area contributed by atoms with Crippen molar-refractivity contribution >= 4 is 17.5 Å². The quantitative estimate of drug-likeness (QED) is 0.810. The van der Waals surface area contributed by atoms with Crippen molar-refractivity contribution in [1.82, 2.24) is 5.32 Å². The maximum Gasteiger partial charge on any atom is 0.251 e. The van der Waals surface area contributed by atoms with E-state index in [0.29, 0.717) is 11.4 Å². The zero-order valence-electron chi connectivity index (χ0n) is 8.80. The fourth-order valence-corrected chi connectivity index (χ4v) is 2.17. The molecule has 0 unspecified atom stereocenters. The molecule has 0 heterocycles. The van der Waals surface area contributed by atoms with Crippen molar-refractivity contribution in [2.24, 2.45) is 0 Å². The fourth-order valence-electron chi connectivity index (χ4n) is 1.84. The van der Waals surface area contributed by atoms with Crippen LogP contribution >= 0.6 is 11.6 Å². The van der Waals surface area contributed by atoms with Gasteiger partial charge in [0.05, 0.1) is 5.54 Å². The number of benzene rings is 1. The van der Waals surface area contributed by atoms with E-state index in [0.717, 1.165) is 19.3 Å². The van der Waals surface area contributed by atoms with Crippen molar-refractivity contribution in [3.05, 3.63) is 35.6 Å². The van der Waals surface area contributed by atoms with E-state index in [9.17, 15) is 9.18 Å². The highest BCUT2D eigenvalue weighted by atomic mass is 35.5. The molecule has 1 aromatic rings. The van der Waals surface area contributed by atoms with E-state index in [2.05, 4.69) is 5.32 Å². The predicted molar refractivity (Wildman–Crippen MR) is 61.2 cm³/mol. The summed E-state index contributed by atoms with van der Waals surface area (Å²) in [4.78, 5) is 11.8. The lowest BCUT2D eigenvalue weighted by molar-refractivity contribution is 0.0853. The summed E-state index contributed by atoms with van der Waals surface area (Å²) < 4.78 is 12.9. The minimum atomic E-state index is -0.402. The van der Waals surface area contributed by atoms with Gasteiger partial charge in [0.1, 0.15) is 5.82 Å². The van der Waals surface area contributed by atoms with Gasteiger partial charge in [-0.1, -0.05) is 6.07 Å². The van der Waals surface area contributed by atoms with Crippen LogP contribution in [0.5, 0.6) is 0 Å². The summed E-state index contributed by atoms with van der Waals surface area (Å²) in [6.45, 7) is 0. The van der Waals surface area contributed by atoms with Gasteiger partial charge in [0, 0.05) is 11.4 Å². The van der Waals surface area contributed by atoms with Gasteiger partial charge in [0.2, 0.25) is 0 Å². The molecule has 2 rings (SSSR count). The van der Waals surface area contributed by atoms with Crippen LogP contribution in [0.1, 0.15) is 29.6 Å². The van der Waals surface area contributed by atoms with Gasteiger partial charge in [0.15, 0.2) is 0 Å². The second-order valence-corrected chi connectivity index (χ2v) is 4.50. The lowest BCUT2D eigenvalue weighted by Gasteiger charge is -2.41. The largest absolute Gasteiger partial charge is 0.345 e. The third kappa shape index (κ3) is 2.19. The summed E-state index contributed by atoms with van der Waals surface area (Å²) in [5.41, 5.74) is 0.0710. The number of carbonyl (C=O) groups excluding carboxylic acids is 1. The first-order valence-electron chi connectivity index (χ1n) is 5.29. The molecule has 0 spiro atoms. The van der Waals surface area contributed by atoms with Gasteiger partial charge in [-0.3, -0.25) is 4.79 Å². The van der Waals surface area contributed by atoms with E-state index in [1.807, 2.05) is 0 Å². The Bertz CT molecular complexity index is 398. The van der Waals surface area contributed by atoms with Gasteiger partial charge in [-0.05, 0) is 37.5 Å². The first-order chi connectivity index (χ1) is 7.65. The van der Waals surface area contributed by atoms with E-state index in [-0.39, 0.29) is 11.4 Å². The zero-order valence-corrected chi connectivity index (χ0v) is 9.56. The molecule has 0 aliphatic heterocycles. The molecule has 16 heavy (non-hydrogen) atoms. The van der Waals surface area contributed by atoms with Crippen molar-refractivity contribution in [3.63, 3.8) is 0 Å². The third-order valence-corrected chi connectivity index (χ3v) is 3.54. The van der Waals surface area contributed by atoms with Crippen LogP contribution in [0.2, 0.25) is 0 Å². The molecular formula is C12H13ClFNO. The van der Waals surface area contributed by atoms with Crippen LogP contribution in [0, 0.1) is 5.82 Å². The van der Waals surface area contributed by atoms with Crippen LogP contribution in [-0.2, 0) is 0 Å². The summed E-state index contributed by atoms with van der Waals surface area (Å²) in [5.74, 6) is -0.241. The highest BCUT2D eigenvalue weighted by Gasteiger charge is 2.37. The number of carbonyl (C=O) groups is 1. The fraction of sp³-hybridized carbons (Fsp3) is 0.417. The van der Waals surface area contributed by atoms with Crippen molar-refractivity contribution < 1.29 is 9.18 Å². The van der Waals surface area contributed by atoms with Gasteiger partial charge in [-0.25, -0.2) is 4.39 Å². The van der Waals surface area contributed by atoms with Crippen molar-refractivity contribution in [2.45, 2.75) is 24.8 Å². The molecule has 1 saturated carbocycles. The molecule has 0 bridgehead atoms. The van der Waals surface area contributed by atoms with E-state index in [1.54, 1.807) is 6.07 Å².